The summed E-state index contributed by atoms with van der Waals surface area (Å²) >= 11 is 12.0. The predicted octanol–water partition coefficient (Wildman–Crippen LogP) is 4.95. The van der Waals surface area contributed by atoms with Crippen LogP contribution in [0.2, 0.25) is 10.0 Å². The Morgan fingerprint density at radius 1 is 1.22 bits per heavy atom. The van der Waals surface area contributed by atoms with E-state index in [1.165, 1.54) is 0 Å². The Balaban J connectivity index is 2.20. The summed E-state index contributed by atoms with van der Waals surface area (Å²) in [6, 6.07) is 9.82. The fourth-order valence-electron chi connectivity index (χ4n) is 1.80. The van der Waals surface area contributed by atoms with Gasteiger partial charge in [-0.1, -0.05) is 36.2 Å². The SMILES string of the molecule is CCC(Nc1cccnc1)c1ccc(Cl)c(Cl)c1. The number of hydrogen-bond acceptors (Lipinski definition) is 2. The van der Waals surface area contributed by atoms with Crippen LogP contribution in [0.15, 0.2) is 42.7 Å². The van der Waals surface area contributed by atoms with Crippen molar-refractivity contribution in [2.45, 2.75) is 19.4 Å². The highest BCUT2D eigenvalue weighted by atomic mass is 35.5. The standard InChI is InChI=1S/C14H14Cl2N2/c1-2-14(18-11-4-3-7-17-9-11)10-5-6-12(15)13(16)8-10/h3-9,14,18H,2H2,1H3. The minimum Gasteiger partial charge on any atom is -0.377 e. The molecule has 1 heterocycles. The lowest BCUT2D eigenvalue weighted by atomic mass is 10.0. The topological polar surface area (TPSA) is 24.9 Å². The molecule has 2 aromatic rings. The first-order valence-corrected chi connectivity index (χ1v) is 6.58. The van der Waals surface area contributed by atoms with Crippen molar-refractivity contribution in [3.05, 3.63) is 58.3 Å². The summed E-state index contributed by atoms with van der Waals surface area (Å²) in [4.78, 5) is 4.09. The van der Waals surface area contributed by atoms with Crippen LogP contribution in [0.1, 0.15) is 24.9 Å². The lowest BCUT2D eigenvalue weighted by Gasteiger charge is -2.19. The molecule has 2 rings (SSSR count). The molecule has 1 unspecified atom stereocenters. The first-order valence-electron chi connectivity index (χ1n) is 5.82. The number of benzene rings is 1. The quantitative estimate of drug-likeness (QED) is 0.857. The number of anilines is 1. The molecule has 0 aliphatic heterocycles. The summed E-state index contributed by atoms with van der Waals surface area (Å²) in [6.45, 7) is 2.12. The average molecular weight is 281 g/mol. The van der Waals surface area contributed by atoms with Crippen LogP contribution in [0.4, 0.5) is 5.69 Å². The van der Waals surface area contributed by atoms with Gasteiger partial charge in [0.25, 0.3) is 0 Å². The Bertz CT molecular complexity index is 514. The van der Waals surface area contributed by atoms with Gasteiger partial charge in [-0.2, -0.15) is 0 Å². The highest BCUT2D eigenvalue weighted by molar-refractivity contribution is 6.42. The summed E-state index contributed by atoms with van der Waals surface area (Å²) in [6.07, 6.45) is 4.51. The van der Waals surface area contributed by atoms with Gasteiger partial charge >= 0.3 is 0 Å². The van der Waals surface area contributed by atoms with Crippen LogP contribution in [-0.4, -0.2) is 4.98 Å². The number of halogens is 2. The van der Waals surface area contributed by atoms with Crippen LogP contribution in [-0.2, 0) is 0 Å². The molecule has 0 spiro atoms. The van der Waals surface area contributed by atoms with Crippen LogP contribution in [0.3, 0.4) is 0 Å². The van der Waals surface area contributed by atoms with E-state index in [0.717, 1.165) is 17.7 Å². The molecule has 0 fully saturated rings. The maximum absolute atomic E-state index is 6.05. The molecular weight excluding hydrogens is 267 g/mol. The summed E-state index contributed by atoms with van der Waals surface area (Å²) in [5.74, 6) is 0. The largest absolute Gasteiger partial charge is 0.377 e. The Morgan fingerprint density at radius 3 is 2.67 bits per heavy atom. The van der Waals surface area contributed by atoms with Crippen LogP contribution in [0, 0.1) is 0 Å². The summed E-state index contributed by atoms with van der Waals surface area (Å²) in [5.41, 5.74) is 2.12. The molecule has 0 aliphatic carbocycles. The van der Waals surface area contributed by atoms with E-state index in [9.17, 15) is 0 Å². The number of hydrogen-bond donors (Lipinski definition) is 1. The third-order valence-corrected chi connectivity index (χ3v) is 3.50. The summed E-state index contributed by atoms with van der Waals surface area (Å²) in [5, 5.41) is 4.59. The molecule has 0 amide bonds. The molecule has 0 aliphatic rings. The molecule has 94 valence electrons. The highest BCUT2D eigenvalue weighted by Gasteiger charge is 2.10. The normalized spacial score (nSPS) is 12.2. The molecule has 1 aromatic heterocycles. The van der Waals surface area contributed by atoms with E-state index in [4.69, 9.17) is 23.2 Å². The molecule has 0 saturated heterocycles. The van der Waals surface area contributed by atoms with E-state index in [0.29, 0.717) is 10.0 Å². The molecule has 0 bridgehead atoms. The fraction of sp³-hybridized carbons (Fsp3) is 0.214. The minimum atomic E-state index is 0.198. The van der Waals surface area contributed by atoms with Crippen molar-refractivity contribution in [1.29, 1.82) is 0 Å². The van der Waals surface area contributed by atoms with Gasteiger partial charge in [0.2, 0.25) is 0 Å². The predicted molar refractivity (Wildman–Crippen MR) is 77.4 cm³/mol. The zero-order valence-electron chi connectivity index (χ0n) is 10.0. The van der Waals surface area contributed by atoms with Crippen molar-refractivity contribution in [2.24, 2.45) is 0 Å². The highest BCUT2D eigenvalue weighted by Crippen LogP contribution is 2.28. The molecule has 0 saturated carbocycles. The van der Waals surface area contributed by atoms with Gasteiger partial charge in [0.1, 0.15) is 0 Å². The van der Waals surface area contributed by atoms with Crippen molar-refractivity contribution in [1.82, 2.24) is 4.98 Å². The van der Waals surface area contributed by atoms with Gasteiger partial charge in [0.05, 0.1) is 21.8 Å². The molecular formula is C14H14Cl2N2. The number of aromatic nitrogens is 1. The smallest absolute Gasteiger partial charge is 0.0595 e. The molecule has 18 heavy (non-hydrogen) atoms. The van der Waals surface area contributed by atoms with Crippen LogP contribution < -0.4 is 5.32 Å². The van der Waals surface area contributed by atoms with Gasteiger partial charge in [0.15, 0.2) is 0 Å². The maximum Gasteiger partial charge on any atom is 0.0595 e. The van der Waals surface area contributed by atoms with Crippen molar-refractivity contribution in [2.75, 3.05) is 5.32 Å². The Kier molecular flexibility index (Phi) is 4.45. The summed E-state index contributed by atoms with van der Waals surface area (Å²) in [7, 11) is 0. The molecule has 1 atom stereocenters. The Labute approximate surface area is 117 Å². The Morgan fingerprint density at radius 2 is 2.06 bits per heavy atom. The second-order valence-corrected chi connectivity index (χ2v) is 4.83. The lowest BCUT2D eigenvalue weighted by molar-refractivity contribution is 0.749. The van der Waals surface area contributed by atoms with Crippen molar-refractivity contribution in [3.8, 4) is 0 Å². The molecule has 1 N–H and O–H groups in total. The Hall–Kier alpha value is -1.25. The molecule has 2 nitrogen and oxygen atoms in total. The monoisotopic (exact) mass is 280 g/mol. The number of nitrogens with one attached hydrogen (secondary N) is 1. The van der Waals surface area contributed by atoms with E-state index in [1.807, 2.05) is 30.3 Å². The van der Waals surface area contributed by atoms with Gasteiger partial charge in [-0.3, -0.25) is 4.98 Å². The van der Waals surface area contributed by atoms with Crippen LogP contribution in [0.5, 0.6) is 0 Å². The van der Waals surface area contributed by atoms with Crippen molar-refractivity contribution < 1.29 is 0 Å². The van der Waals surface area contributed by atoms with Crippen LogP contribution in [0.25, 0.3) is 0 Å². The van der Waals surface area contributed by atoms with Crippen LogP contribution >= 0.6 is 23.2 Å². The first kappa shape index (κ1) is 13.2. The second-order valence-electron chi connectivity index (χ2n) is 4.02. The maximum atomic E-state index is 6.05. The van der Waals surface area contributed by atoms with E-state index in [1.54, 1.807) is 12.4 Å². The third-order valence-electron chi connectivity index (χ3n) is 2.76. The van der Waals surface area contributed by atoms with Gasteiger partial charge < -0.3 is 5.32 Å². The van der Waals surface area contributed by atoms with Crippen molar-refractivity contribution in [3.63, 3.8) is 0 Å². The second kappa shape index (κ2) is 6.07. The van der Waals surface area contributed by atoms with E-state index in [-0.39, 0.29) is 6.04 Å². The van der Waals surface area contributed by atoms with Gasteiger partial charge in [-0.15, -0.1) is 0 Å². The van der Waals surface area contributed by atoms with Gasteiger partial charge in [-0.05, 0) is 36.2 Å². The average Bonchev–Trinajstić information content (AvgIpc) is 2.40. The first-order chi connectivity index (χ1) is 8.70. The van der Waals surface area contributed by atoms with Crippen molar-refractivity contribution >= 4 is 28.9 Å². The van der Waals surface area contributed by atoms with Gasteiger partial charge in [0, 0.05) is 12.4 Å². The molecule has 0 radical (unpaired) electrons. The fourth-order valence-corrected chi connectivity index (χ4v) is 2.11. The number of rotatable bonds is 4. The zero-order chi connectivity index (χ0) is 13.0. The number of pyridine rings is 1. The van der Waals surface area contributed by atoms with E-state index >= 15 is 0 Å². The third kappa shape index (κ3) is 3.15. The lowest BCUT2D eigenvalue weighted by Crippen LogP contribution is -2.09. The summed E-state index contributed by atoms with van der Waals surface area (Å²) < 4.78 is 0. The minimum absolute atomic E-state index is 0.198. The molecule has 1 aromatic carbocycles. The van der Waals surface area contributed by atoms with Gasteiger partial charge in [-0.25, -0.2) is 0 Å². The van der Waals surface area contributed by atoms with E-state index < -0.39 is 0 Å². The number of nitrogens with zero attached hydrogens (tertiary/aromatic N) is 1. The van der Waals surface area contributed by atoms with E-state index in [2.05, 4.69) is 17.2 Å². The zero-order valence-corrected chi connectivity index (χ0v) is 11.5. The molecule has 4 heteroatoms.